The maximum atomic E-state index is 11.4. The summed E-state index contributed by atoms with van der Waals surface area (Å²) in [5, 5.41) is 0. The van der Waals surface area contributed by atoms with Crippen LogP contribution in [0.4, 0.5) is 0 Å². The van der Waals surface area contributed by atoms with E-state index in [2.05, 4.69) is 11.5 Å². The van der Waals surface area contributed by atoms with E-state index in [0.29, 0.717) is 0 Å². The average Bonchev–Trinajstić information content (AvgIpc) is 3.01. The molecule has 0 unspecified atom stereocenters. The van der Waals surface area contributed by atoms with Crippen LogP contribution in [0.25, 0.3) is 0 Å². The Kier molecular flexibility index (Phi) is 2.87. The van der Waals surface area contributed by atoms with Crippen molar-refractivity contribution in [3.8, 4) is 0 Å². The fourth-order valence-electron chi connectivity index (χ4n) is 2.09. The van der Waals surface area contributed by atoms with Gasteiger partial charge in [-0.25, -0.2) is 0 Å². The number of carbonyl (C=O) groups is 1. The molecule has 0 radical (unpaired) electrons. The third-order valence-electron chi connectivity index (χ3n) is 3.08. The summed E-state index contributed by atoms with van der Waals surface area (Å²) in [6.07, 6.45) is 5.24. The third-order valence-corrected chi connectivity index (χ3v) is 3.08. The summed E-state index contributed by atoms with van der Waals surface area (Å²) < 4.78 is 0. The van der Waals surface area contributed by atoms with Crippen LogP contribution in [-0.2, 0) is 4.79 Å². The Morgan fingerprint density at radius 1 is 1.21 bits per heavy atom. The highest BCUT2D eigenvalue weighted by atomic mass is 16.2. The molecule has 3 nitrogen and oxygen atoms in total. The zero-order valence-corrected chi connectivity index (χ0v) is 8.61. The SMILES string of the molecule is C=CC(=O)N1CCCN(C2CC2)CC1. The van der Waals surface area contributed by atoms with Gasteiger partial charge in [0.2, 0.25) is 5.91 Å². The predicted molar refractivity (Wildman–Crippen MR) is 56.0 cm³/mol. The summed E-state index contributed by atoms with van der Waals surface area (Å²) in [4.78, 5) is 15.8. The molecule has 1 aliphatic heterocycles. The summed E-state index contributed by atoms with van der Waals surface area (Å²) >= 11 is 0. The highest BCUT2D eigenvalue weighted by Crippen LogP contribution is 2.27. The van der Waals surface area contributed by atoms with Gasteiger partial charge in [0.15, 0.2) is 0 Å². The maximum Gasteiger partial charge on any atom is 0.245 e. The lowest BCUT2D eigenvalue weighted by Gasteiger charge is -2.20. The molecule has 78 valence electrons. The molecule has 3 heteroatoms. The van der Waals surface area contributed by atoms with Crippen molar-refractivity contribution in [1.82, 2.24) is 9.80 Å². The molecule has 0 spiro atoms. The van der Waals surface area contributed by atoms with Gasteiger partial charge in [-0.1, -0.05) is 6.58 Å². The van der Waals surface area contributed by atoms with Crippen LogP contribution < -0.4 is 0 Å². The Morgan fingerprint density at radius 2 is 2.00 bits per heavy atom. The van der Waals surface area contributed by atoms with E-state index in [-0.39, 0.29) is 5.91 Å². The molecule has 2 rings (SSSR count). The van der Waals surface area contributed by atoms with E-state index in [9.17, 15) is 4.79 Å². The number of hydrogen-bond acceptors (Lipinski definition) is 2. The Bertz CT molecular complexity index is 235. The van der Waals surface area contributed by atoms with Crippen LogP contribution in [0.1, 0.15) is 19.3 Å². The Labute approximate surface area is 85.4 Å². The van der Waals surface area contributed by atoms with Crippen LogP contribution in [0.3, 0.4) is 0 Å². The first kappa shape index (κ1) is 9.71. The molecule has 0 bridgehead atoms. The second-order valence-electron chi connectivity index (χ2n) is 4.15. The fraction of sp³-hybridized carbons (Fsp3) is 0.727. The van der Waals surface area contributed by atoms with Gasteiger partial charge in [0.25, 0.3) is 0 Å². The van der Waals surface area contributed by atoms with Gasteiger partial charge in [-0.3, -0.25) is 9.69 Å². The minimum absolute atomic E-state index is 0.0858. The Morgan fingerprint density at radius 3 is 2.64 bits per heavy atom. The van der Waals surface area contributed by atoms with Gasteiger partial charge < -0.3 is 4.90 Å². The zero-order valence-electron chi connectivity index (χ0n) is 8.61. The van der Waals surface area contributed by atoms with Crippen molar-refractivity contribution in [1.29, 1.82) is 0 Å². The first-order valence-corrected chi connectivity index (χ1v) is 5.46. The van der Waals surface area contributed by atoms with Gasteiger partial charge >= 0.3 is 0 Å². The van der Waals surface area contributed by atoms with Crippen molar-refractivity contribution in [3.05, 3.63) is 12.7 Å². The summed E-state index contributed by atoms with van der Waals surface area (Å²) in [5.74, 6) is 0.0858. The van der Waals surface area contributed by atoms with E-state index >= 15 is 0 Å². The van der Waals surface area contributed by atoms with Gasteiger partial charge in [0.1, 0.15) is 0 Å². The Hall–Kier alpha value is -0.830. The molecule has 1 heterocycles. The first-order chi connectivity index (χ1) is 6.81. The summed E-state index contributed by atoms with van der Waals surface area (Å²) in [5.41, 5.74) is 0. The standard InChI is InChI=1S/C11H18N2O/c1-2-11(14)13-7-3-6-12(8-9-13)10-4-5-10/h2,10H,1,3-9H2. The third kappa shape index (κ3) is 2.15. The Balaban J connectivity index is 1.86. The van der Waals surface area contributed by atoms with E-state index in [4.69, 9.17) is 0 Å². The lowest BCUT2D eigenvalue weighted by molar-refractivity contribution is -0.125. The van der Waals surface area contributed by atoms with E-state index in [1.807, 2.05) is 4.90 Å². The highest BCUT2D eigenvalue weighted by molar-refractivity contribution is 5.86. The van der Waals surface area contributed by atoms with Crippen molar-refractivity contribution in [3.63, 3.8) is 0 Å². The monoisotopic (exact) mass is 194 g/mol. The van der Waals surface area contributed by atoms with Crippen molar-refractivity contribution in [2.45, 2.75) is 25.3 Å². The minimum Gasteiger partial charge on any atom is -0.338 e. The summed E-state index contributed by atoms with van der Waals surface area (Å²) in [7, 11) is 0. The van der Waals surface area contributed by atoms with Crippen LogP contribution in [-0.4, -0.2) is 47.9 Å². The minimum atomic E-state index is 0.0858. The molecule has 0 aromatic heterocycles. The van der Waals surface area contributed by atoms with Gasteiger partial charge in [0.05, 0.1) is 0 Å². The molecule has 1 amide bonds. The van der Waals surface area contributed by atoms with Gasteiger partial charge in [0, 0.05) is 32.2 Å². The van der Waals surface area contributed by atoms with Crippen molar-refractivity contribution in [2.24, 2.45) is 0 Å². The van der Waals surface area contributed by atoms with Crippen molar-refractivity contribution >= 4 is 5.91 Å². The maximum absolute atomic E-state index is 11.4. The lowest BCUT2D eigenvalue weighted by atomic mass is 10.3. The number of nitrogens with zero attached hydrogens (tertiary/aromatic N) is 2. The number of rotatable bonds is 2. The molecule has 2 fully saturated rings. The largest absolute Gasteiger partial charge is 0.338 e. The molecule has 0 aromatic carbocycles. The number of hydrogen-bond donors (Lipinski definition) is 0. The molecular formula is C11H18N2O. The van der Waals surface area contributed by atoms with E-state index < -0.39 is 0 Å². The van der Waals surface area contributed by atoms with Gasteiger partial charge in [-0.15, -0.1) is 0 Å². The fourth-order valence-corrected chi connectivity index (χ4v) is 2.09. The average molecular weight is 194 g/mol. The van der Waals surface area contributed by atoms with Crippen molar-refractivity contribution < 1.29 is 4.79 Å². The molecule has 14 heavy (non-hydrogen) atoms. The van der Waals surface area contributed by atoms with Crippen LogP contribution >= 0.6 is 0 Å². The van der Waals surface area contributed by atoms with Crippen molar-refractivity contribution in [2.75, 3.05) is 26.2 Å². The molecule has 1 saturated heterocycles. The van der Waals surface area contributed by atoms with E-state index in [1.54, 1.807) is 0 Å². The second kappa shape index (κ2) is 4.13. The van der Waals surface area contributed by atoms with Gasteiger partial charge in [-0.05, 0) is 25.3 Å². The normalized spacial score (nSPS) is 24.4. The first-order valence-electron chi connectivity index (χ1n) is 5.46. The topological polar surface area (TPSA) is 23.6 Å². The number of amides is 1. The van der Waals surface area contributed by atoms with Gasteiger partial charge in [-0.2, -0.15) is 0 Å². The second-order valence-corrected chi connectivity index (χ2v) is 4.15. The van der Waals surface area contributed by atoms with E-state index in [1.165, 1.54) is 18.9 Å². The molecule has 0 atom stereocenters. The zero-order chi connectivity index (χ0) is 9.97. The smallest absolute Gasteiger partial charge is 0.245 e. The molecule has 2 aliphatic rings. The molecule has 0 aromatic rings. The molecule has 1 saturated carbocycles. The highest BCUT2D eigenvalue weighted by Gasteiger charge is 2.30. The summed E-state index contributed by atoms with van der Waals surface area (Å²) in [6.45, 7) is 7.51. The quantitative estimate of drug-likeness (QED) is 0.609. The number of carbonyl (C=O) groups excluding carboxylic acids is 1. The predicted octanol–water partition coefficient (Wildman–Crippen LogP) is 0.869. The lowest BCUT2D eigenvalue weighted by Crippen LogP contribution is -2.34. The molecule has 1 aliphatic carbocycles. The summed E-state index contributed by atoms with van der Waals surface area (Å²) in [6, 6.07) is 0.828. The molecule has 0 N–H and O–H groups in total. The van der Waals surface area contributed by atoms with Crippen LogP contribution in [0.2, 0.25) is 0 Å². The van der Waals surface area contributed by atoms with E-state index in [0.717, 1.165) is 38.6 Å². The van der Waals surface area contributed by atoms with Crippen LogP contribution in [0.15, 0.2) is 12.7 Å². The van der Waals surface area contributed by atoms with Crippen LogP contribution in [0.5, 0.6) is 0 Å². The van der Waals surface area contributed by atoms with Crippen LogP contribution in [0, 0.1) is 0 Å². The molecular weight excluding hydrogens is 176 g/mol.